The van der Waals surface area contributed by atoms with Crippen LogP contribution in [0.25, 0.3) is 0 Å². The van der Waals surface area contributed by atoms with Crippen LogP contribution in [0.4, 0.5) is 11.4 Å². The van der Waals surface area contributed by atoms with Gasteiger partial charge in [-0.25, -0.2) is 0 Å². The number of methoxy groups -OCH3 is 1. The number of nitriles is 1. The van der Waals surface area contributed by atoms with Crippen molar-refractivity contribution in [3.8, 4) is 6.07 Å². The van der Waals surface area contributed by atoms with E-state index in [4.69, 9.17) is 15.7 Å². The number of amides is 1. The highest BCUT2D eigenvalue weighted by Gasteiger charge is 2.09. The van der Waals surface area contributed by atoms with Gasteiger partial charge in [0.15, 0.2) is 0 Å². The maximum atomic E-state index is 11.7. The third kappa shape index (κ3) is 4.78. The molecule has 0 saturated heterocycles. The predicted molar refractivity (Wildman–Crippen MR) is 78.3 cm³/mol. The number of nitrogen functional groups attached to an aromatic ring is 1. The summed E-state index contributed by atoms with van der Waals surface area (Å²) in [5, 5.41) is 11.5. The molecule has 0 heterocycles. The van der Waals surface area contributed by atoms with Gasteiger partial charge in [0.1, 0.15) is 0 Å². The topological polar surface area (TPSA) is 91.4 Å². The molecule has 0 aliphatic heterocycles. The van der Waals surface area contributed by atoms with Crippen molar-refractivity contribution in [2.75, 3.05) is 44.5 Å². The summed E-state index contributed by atoms with van der Waals surface area (Å²) >= 11 is 0. The van der Waals surface area contributed by atoms with E-state index in [0.29, 0.717) is 18.8 Å². The number of carbonyl (C=O) groups is 1. The molecule has 0 bridgehead atoms. The van der Waals surface area contributed by atoms with E-state index in [1.54, 1.807) is 13.2 Å². The monoisotopic (exact) mass is 276 g/mol. The molecule has 1 aromatic carbocycles. The second-order valence-corrected chi connectivity index (χ2v) is 4.42. The summed E-state index contributed by atoms with van der Waals surface area (Å²) in [6.07, 6.45) is 0.257. The van der Waals surface area contributed by atoms with Gasteiger partial charge in [-0.05, 0) is 23.8 Å². The lowest BCUT2D eigenvalue weighted by atomic mass is 10.1. The second-order valence-electron chi connectivity index (χ2n) is 4.42. The molecule has 0 aliphatic rings. The first-order chi connectivity index (χ1) is 9.58. The maximum absolute atomic E-state index is 11.7. The molecule has 3 N–H and O–H groups in total. The Morgan fingerprint density at radius 1 is 1.55 bits per heavy atom. The second kappa shape index (κ2) is 8.02. The van der Waals surface area contributed by atoms with Crippen molar-refractivity contribution in [2.24, 2.45) is 0 Å². The van der Waals surface area contributed by atoms with E-state index in [1.807, 2.05) is 24.1 Å². The summed E-state index contributed by atoms with van der Waals surface area (Å²) < 4.78 is 4.86. The van der Waals surface area contributed by atoms with Crippen LogP contribution in [0, 0.1) is 11.3 Å². The molecule has 0 spiro atoms. The SMILES string of the molecule is COCCNC(=O)CN(C)c1ccc(N)c(CC#N)c1. The van der Waals surface area contributed by atoms with Crippen molar-refractivity contribution >= 4 is 17.3 Å². The Labute approximate surface area is 119 Å². The number of rotatable bonds is 7. The summed E-state index contributed by atoms with van der Waals surface area (Å²) in [5.74, 6) is -0.0804. The van der Waals surface area contributed by atoms with Gasteiger partial charge >= 0.3 is 0 Å². The van der Waals surface area contributed by atoms with Crippen LogP contribution in [0.15, 0.2) is 18.2 Å². The highest BCUT2D eigenvalue weighted by Crippen LogP contribution is 2.20. The Balaban J connectivity index is 2.63. The molecule has 1 rings (SSSR count). The smallest absolute Gasteiger partial charge is 0.239 e. The Bertz CT molecular complexity index is 496. The Morgan fingerprint density at radius 2 is 2.30 bits per heavy atom. The fourth-order valence-corrected chi connectivity index (χ4v) is 1.72. The molecule has 20 heavy (non-hydrogen) atoms. The van der Waals surface area contributed by atoms with Gasteiger partial charge in [0.2, 0.25) is 5.91 Å². The van der Waals surface area contributed by atoms with Crippen molar-refractivity contribution < 1.29 is 9.53 Å². The molecule has 0 saturated carbocycles. The Hall–Kier alpha value is -2.26. The number of ether oxygens (including phenoxy) is 1. The van der Waals surface area contributed by atoms with Gasteiger partial charge in [-0.1, -0.05) is 0 Å². The number of anilines is 2. The summed E-state index contributed by atoms with van der Waals surface area (Å²) in [5.41, 5.74) is 8.01. The first-order valence-electron chi connectivity index (χ1n) is 6.30. The fourth-order valence-electron chi connectivity index (χ4n) is 1.72. The molecule has 0 aromatic heterocycles. The minimum Gasteiger partial charge on any atom is -0.398 e. The van der Waals surface area contributed by atoms with Crippen LogP contribution >= 0.6 is 0 Å². The van der Waals surface area contributed by atoms with Crippen molar-refractivity contribution in [3.63, 3.8) is 0 Å². The molecule has 0 aliphatic carbocycles. The number of hydrogen-bond acceptors (Lipinski definition) is 5. The highest BCUT2D eigenvalue weighted by molar-refractivity contribution is 5.81. The van der Waals surface area contributed by atoms with Gasteiger partial charge in [0, 0.05) is 32.1 Å². The Kier molecular flexibility index (Phi) is 6.33. The molecule has 108 valence electrons. The molecule has 0 unspecified atom stereocenters. The van der Waals surface area contributed by atoms with Gasteiger partial charge in [0.25, 0.3) is 0 Å². The van der Waals surface area contributed by atoms with E-state index < -0.39 is 0 Å². The molecular weight excluding hydrogens is 256 g/mol. The maximum Gasteiger partial charge on any atom is 0.239 e. The molecule has 0 fully saturated rings. The van der Waals surface area contributed by atoms with Crippen molar-refractivity contribution in [3.05, 3.63) is 23.8 Å². The standard InChI is InChI=1S/C14H20N4O2/c1-18(10-14(19)17-7-8-20-2)12-3-4-13(16)11(9-12)5-6-15/h3-4,9H,5,7-8,10,16H2,1-2H3,(H,17,19). The van der Waals surface area contributed by atoms with Gasteiger partial charge in [-0.2, -0.15) is 5.26 Å². The van der Waals surface area contributed by atoms with Crippen LogP contribution in [0.3, 0.4) is 0 Å². The van der Waals surface area contributed by atoms with Crippen LogP contribution in [0.1, 0.15) is 5.56 Å². The number of benzene rings is 1. The summed E-state index contributed by atoms with van der Waals surface area (Å²) in [4.78, 5) is 13.5. The van der Waals surface area contributed by atoms with E-state index in [2.05, 4.69) is 11.4 Å². The van der Waals surface area contributed by atoms with Crippen LogP contribution in [-0.2, 0) is 16.0 Å². The van der Waals surface area contributed by atoms with E-state index in [0.717, 1.165) is 11.3 Å². The third-order valence-electron chi connectivity index (χ3n) is 2.85. The van der Waals surface area contributed by atoms with E-state index in [9.17, 15) is 4.79 Å². The molecule has 1 aromatic rings. The summed E-state index contributed by atoms with van der Waals surface area (Å²) in [6.45, 7) is 1.22. The van der Waals surface area contributed by atoms with Crippen molar-refractivity contribution in [1.82, 2.24) is 5.32 Å². The molecular formula is C14H20N4O2. The summed E-state index contributed by atoms with van der Waals surface area (Å²) in [6, 6.07) is 7.49. The molecule has 0 radical (unpaired) electrons. The van der Waals surface area contributed by atoms with Crippen LogP contribution in [-0.4, -0.2) is 39.8 Å². The minimum atomic E-state index is -0.0804. The normalized spacial score (nSPS) is 9.85. The zero-order valence-electron chi connectivity index (χ0n) is 11.8. The van der Waals surface area contributed by atoms with Crippen LogP contribution in [0.5, 0.6) is 0 Å². The lowest BCUT2D eigenvalue weighted by Gasteiger charge is -2.20. The fraction of sp³-hybridized carbons (Fsp3) is 0.429. The average molecular weight is 276 g/mol. The van der Waals surface area contributed by atoms with Crippen LogP contribution in [0.2, 0.25) is 0 Å². The minimum absolute atomic E-state index is 0.0804. The first kappa shape index (κ1) is 15.8. The molecule has 6 heteroatoms. The number of nitrogens with one attached hydrogen (secondary N) is 1. The zero-order chi connectivity index (χ0) is 15.0. The van der Waals surface area contributed by atoms with Gasteiger partial charge in [0.05, 0.1) is 25.6 Å². The van der Waals surface area contributed by atoms with E-state index >= 15 is 0 Å². The number of hydrogen-bond donors (Lipinski definition) is 2. The zero-order valence-corrected chi connectivity index (χ0v) is 11.8. The first-order valence-corrected chi connectivity index (χ1v) is 6.30. The quantitative estimate of drug-likeness (QED) is 0.560. The molecule has 0 atom stereocenters. The van der Waals surface area contributed by atoms with E-state index in [-0.39, 0.29) is 18.9 Å². The predicted octanol–water partition coefficient (Wildman–Crippen LogP) is 0.534. The third-order valence-corrected chi connectivity index (χ3v) is 2.85. The summed E-state index contributed by atoms with van der Waals surface area (Å²) in [7, 11) is 3.40. The van der Waals surface area contributed by atoms with Gasteiger partial charge in [-0.15, -0.1) is 0 Å². The average Bonchev–Trinajstić information content (AvgIpc) is 2.41. The number of nitrogens with two attached hydrogens (primary N) is 1. The van der Waals surface area contributed by atoms with Gasteiger partial charge in [-0.3, -0.25) is 4.79 Å². The lowest BCUT2D eigenvalue weighted by Crippen LogP contribution is -2.36. The van der Waals surface area contributed by atoms with Crippen LogP contribution < -0.4 is 16.0 Å². The number of likely N-dealkylation sites (N-methyl/N-ethyl adjacent to an activating group) is 1. The van der Waals surface area contributed by atoms with E-state index in [1.165, 1.54) is 0 Å². The highest BCUT2D eigenvalue weighted by atomic mass is 16.5. The van der Waals surface area contributed by atoms with Crippen molar-refractivity contribution in [2.45, 2.75) is 6.42 Å². The molecule has 6 nitrogen and oxygen atoms in total. The largest absolute Gasteiger partial charge is 0.398 e. The Morgan fingerprint density at radius 3 is 2.95 bits per heavy atom. The number of carbonyl (C=O) groups excluding carboxylic acids is 1. The van der Waals surface area contributed by atoms with Crippen molar-refractivity contribution in [1.29, 1.82) is 5.26 Å². The number of nitrogens with zero attached hydrogens (tertiary/aromatic N) is 2. The van der Waals surface area contributed by atoms with Gasteiger partial charge < -0.3 is 20.7 Å². The molecule has 1 amide bonds. The lowest BCUT2D eigenvalue weighted by molar-refractivity contribution is -0.119.